The Labute approximate surface area is 79.3 Å². The normalized spacial score (nSPS) is 35.1. The molecule has 0 N–H and O–H groups in total. The van der Waals surface area contributed by atoms with Gasteiger partial charge in [0.2, 0.25) is 0 Å². The molecule has 3 aliphatic rings. The number of hydrogen-bond donors (Lipinski definition) is 0. The van der Waals surface area contributed by atoms with E-state index in [2.05, 4.69) is 36.5 Å². The Morgan fingerprint density at radius 1 is 1.08 bits per heavy atom. The van der Waals surface area contributed by atoms with Gasteiger partial charge >= 0.3 is 0 Å². The zero-order valence-corrected chi connectivity index (χ0v) is 7.74. The SMILES string of the molecule is C1=CCC2CC3C=CC=C3CC2=C1. The highest BCUT2D eigenvalue weighted by atomic mass is 14.3. The fourth-order valence-electron chi connectivity index (χ4n) is 2.70. The van der Waals surface area contributed by atoms with Gasteiger partial charge in [0.25, 0.3) is 0 Å². The summed E-state index contributed by atoms with van der Waals surface area (Å²) in [5.41, 5.74) is 3.30. The van der Waals surface area contributed by atoms with Crippen LogP contribution in [-0.4, -0.2) is 0 Å². The molecule has 0 aromatic heterocycles. The van der Waals surface area contributed by atoms with Crippen LogP contribution in [0.1, 0.15) is 19.3 Å². The van der Waals surface area contributed by atoms with Gasteiger partial charge in [-0.1, -0.05) is 47.6 Å². The van der Waals surface area contributed by atoms with E-state index in [1.807, 2.05) is 0 Å². The van der Waals surface area contributed by atoms with Crippen LogP contribution in [0.4, 0.5) is 0 Å². The summed E-state index contributed by atoms with van der Waals surface area (Å²) >= 11 is 0. The van der Waals surface area contributed by atoms with E-state index in [0.29, 0.717) is 0 Å². The fourth-order valence-corrected chi connectivity index (χ4v) is 2.70. The van der Waals surface area contributed by atoms with Crippen LogP contribution in [0.5, 0.6) is 0 Å². The first-order valence-electron chi connectivity index (χ1n) is 5.16. The maximum Gasteiger partial charge on any atom is -0.000802 e. The number of hydrogen-bond acceptors (Lipinski definition) is 0. The van der Waals surface area contributed by atoms with Gasteiger partial charge in [-0.2, -0.15) is 0 Å². The van der Waals surface area contributed by atoms with Crippen LogP contribution < -0.4 is 0 Å². The minimum absolute atomic E-state index is 0.772. The summed E-state index contributed by atoms with van der Waals surface area (Å²) in [7, 11) is 0. The minimum atomic E-state index is 0.772. The number of rotatable bonds is 0. The van der Waals surface area contributed by atoms with Crippen LogP contribution in [0.3, 0.4) is 0 Å². The van der Waals surface area contributed by atoms with E-state index in [1.165, 1.54) is 19.3 Å². The van der Waals surface area contributed by atoms with Crippen molar-refractivity contribution >= 4 is 0 Å². The third-order valence-corrected chi connectivity index (χ3v) is 3.47. The zero-order chi connectivity index (χ0) is 8.67. The second-order valence-electron chi connectivity index (χ2n) is 4.25. The maximum atomic E-state index is 2.37. The molecule has 0 aromatic carbocycles. The first-order valence-corrected chi connectivity index (χ1v) is 5.16. The van der Waals surface area contributed by atoms with Gasteiger partial charge < -0.3 is 0 Å². The molecule has 0 bridgehead atoms. The summed E-state index contributed by atoms with van der Waals surface area (Å²) in [6, 6.07) is 0. The van der Waals surface area contributed by atoms with Gasteiger partial charge in [0, 0.05) is 0 Å². The van der Waals surface area contributed by atoms with Crippen molar-refractivity contribution < 1.29 is 0 Å². The van der Waals surface area contributed by atoms with Crippen LogP contribution in [0, 0.1) is 11.8 Å². The van der Waals surface area contributed by atoms with Gasteiger partial charge in [-0.15, -0.1) is 0 Å². The topological polar surface area (TPSA) is 0 Å². The molecule has 3 rings (SSSR count). The van der Waals surface area contributed by atoms with Gasteiger partial charge in [-0.25, -0.2) is 0 Å². The van der Waals surface area contributed by atoms with Crippen LogP contribution in [0.25, 0.3) is 0 Å². The zero-order valence-electron chi connectivity index (χ0n) is 7.74. The van der Waals surface area contributed by atoms with Gasteiger partial charge in [-0.3, -0.25) is 0 Å². The van der Waals surface area contributed by atoms with E-state index in [1.54, 1.807) is 11.1 Å². The average Bonchev–Trinajstić information content (AvgIpc) is 2.61. The van der Waals surface area contributed by atoms with Crippen molar-refractivity contribution in [1.82, 2.24) is 0 Å². The van der Waals surface area contributed by atoms with E-state index < -0.39 is 0 Å². The molecule has 3 aliphatic carbocycles. The lowest BCUT2D eigenvalue weighted by atomic mass is 9.73. The molecule has 66 valence electrons. The molecule has 1 saturated carbocycles. The quantitative estimate of drug-likeness (QED) is 0.522. The minimum Gasteiger partial charge on any atom is -0.0839 e. The van der Waals surface area contributed by atoms with Crippen molar-refractivity contribution in [3.8, 4) is 0 Å². The molecule has 0 heterocycles. The summed E-state index contributed by atoms with van der Waals surface area (Å²) < 4.78 is 0. The average molecular weight is 170 g/mol. The number of fused-ring (bicyclic) bond motifs is 2. The first-order chi connectivity index (χ1) is 6.43. The Morgan fingerprint density at radius 3 is 3.00 bits per heavy atom. The van der Waals surface area contributed by atoms with Crippen molar-refractivity contribution in [1.29, 1.82) is 0 Å². The summed E-state index contributed by atoms with van der Waals surface area (Å²) in [4.78, 5) is 0. The monoisotopic (exact) mass is 170 g/mol. The lowest BCUT2D eigenvalue weighted by Gasteiger charge is -2.31. The second kappa shape index (κ2) is 2.73. The maximum absolute atomic E-state index is 2.37. The fraction of sp³-hybridized carbons (Fsp3) is 0.385. The largest absolute Gasteiger partial charge is 0.0839 e. The number of allylic oxidation sites excluding steroid dienone is 8. The van der Waals surface area contributed by atoms with Crippen molar-refractivity contribution in [2.45, 2.75) is 19.3 Å². The van der Waals surface area contributed by atoms with Gasteiger partial charge in [0.05, 0.1) is 0 Å². The molecule has 0 aromatic rings. The van der Waals surface area contributed by atoms with Crippen molar-refractivity contribution in [3.63, 3.8) is 0 Å². The van der Waals surface area contributed by atoms with Crippen LogP contribution in [0.15, 0.2) is 47.6 Å². The Morgan fingerprint density at radius 2 is 2.00 bits per heavy atom. The predicted molar refractivity (Wildman–Crippen MR) is 55.3 cm³/mol. The van der Waals surface area contributed by atoms with Gasteiger partial charge in [-0.05, 0) is 31.1 Å². The van der Waals surface area contributed by atoms with E-state index in [0.717, 1.165) is 11.8 Å². The molecule has 2 unspecified atom stereocenters. The Hall–Kier alpha value is -1.04. The highest BCUT2D eigenvalue weighted by Crippen LogP contribution is 2.42. The van der Waals surface area contributed by atoms with E-state index in [9.17, 15) is 0 Å². The summed E-state index contributed by atoms with van der Waals surface area (Å²) in [5.74, 6) is 1.61. The Kier molecular flexibility index (Phi) is 1.55. The van der Waals surface area contributed by atoms with Crippen LogP contribution >= 0.6 is 0 Å². The van der Waals surface area contributed by atoms with Gasteiger partial charge in [0.15, 0.2) is 0 Å². The van der Waals surface area contributed by atoms with E-state index >= 15 is 0 Å². The third-order valence-electron chi connectivity index (χ3n) is 3.47. The molecular formula is C13H14. The smallest absolute Gasteiger partial charge is 0.000802 e. The molecule has 0 radical (unpaired) electrons. The molecule has 0 heteroatoms. The van der Waals surface area contributed by atoms with Crippen molar-refractivity contribution in [2.24, 2.45) is 11.8 Å². The van der Waals surface area contributed by atoms with E-state index in [-0.39, 0.29) is 0 Å². The van der Waals surface area contributed by atoms with Crippen molar-refractivity contribution in [3.05, 3.63) is 47.6 Å². The predicted octanol–water partition coefficient (Wildman–Crippen LogP) is 3.40. The molecule has 1 fully saturated rings. The molecule has 0 amide bonds. The van der Waals surface area contributed by atoms with E-state index in [4.69, 9.17) is 0 Å². The molecule has 0 saturated heterocycles. The van der Waals surface area contributed by atoms with Crippen molar-refractivity contribution in [2.75, 3.05) is 0 Å². The highest BCUT2D eigenvalue weighted by molar-refractivity contribution is 5.37. The summed E-state index contributed by atoms with van der Waals surface area (Å²) in [5, 5.41) is 0. The Bertz CT molecular complexity index is 337. The standard InChI is InChI=1S/C13H14/c1-2-5-11-9-13-7-3-6-12(13)8-10(11)4-1/h1-4,6-7,11,13H,5,8-9H2. The lowest BCUT2D eigenvalue weighted by Crippen LogP contribution is -2.18. The lowest BCUT2D eigenvalue weighted by molar-refractivity contribution is 0.454. The molecule has 0 nitrogen and oxygen atoms in total. The molecule has 2 atom stereocenters. The second-order valence-corrected chi connectivity index (χ2v) is 4.25. The molecule has 13 heavy (non-hydrogen) atoms. The van der Waals surface area contributed by atoms with Crippen LogP contribution in [0.2, 0.25) is 0 Å². The van der Waals surface area contributed by atoms with Gasteiger partial charge in [0.1, 0.15) is 0 Å². The third kappa shape index (κ3) is 1.13. The molecule has 0 spiro atoms. The van der Waals surface area contributed by atoms with Crippen LogP contribution in [-0.2, 0) is 0 Å². The molecular weight excluding hydrogens is 156 g/mol. The summed E-state index contributed by atoms with van der Waals surface area (Å²) in [6.45, 7) is 0. The Balaban J connectivity index is 1.92. The first kappa shape index (κ1) is 7.37. The highest BCUT2D eigenvalue weighted by Gasteiger charge is 2.28. The molecule has 0 aliphatic heterocycles. The summed E-state index contributed by atoms with van der Waals surface area (Å²) in [6.07, 6.45) is 17.6.